The Balaban J connectivity index is 2.68. The molecule has 1 rings (SSSR count). The number of carbonyl (C=O) groups is 1. The molecule has 1 unspecified atom stereocenters. The molecule has 1 atom stereocenters. The van der Waals surface area contributed by atoms with Crippen LogP contribution in [-0.2, 0) is 4.79 Å². The highest BCUT2D eigenvalue weighted by Crippen LogP contribution is 2.13. The van der Waals surface area contributed by atoms with Crippen LogP contribution in [0.4, 0.5) is 5.95 Å². The lowest BCUT2D eigenvalue weighted by atomic mass is 10.2. The van der Waals surface area contributed by atoms with Crippen LogP contribution in [0.5, 0.6) is 6.01 Å². The molecular weight excluding hydrogens is 294 g/mol. The molecule has 0 radical (unpaired) electrons. The van der Waals surface area contributed by atoms with Crippen molar-refractivity contribution in [2.24, 2.45) is 5.92 Å². The van der Waals surface area contributed by atoms with Crippen molar-refractivity contribution in [1.82, 2.24) is 20.3 Å². The Morgan fingerprint density at radius 2 is 1.86 bits per heavy atom. The molecule has 0 spiro atoms. The SMILES string of the molecule is CC(C)CNC(=O)C(C)Nc1nc(Cl)nc(OC(C)C)n1. The Kier molecular flexibility index (Phi) is 6.61. The number of carbonyl (C=O) groups excluding carboxylic acids is 1. The van der Waals surface area contributed by atoms with Crippen LogP contribution >= 0.6 is 11.6 Å². The van der Waals surface area contributed by atoms with E-state index in [9.17, 15) is 4.79 Å². The third-order valence-corrected chi connectivity index (χ3v) is 2.52. The summed E-state index contributed by atoms with van der Waals surface area (Å²) < 4.78 is 5.37. The molecule has 1 heterocycles. The number of nitrogens with one attached hydrogen (secondary N) is 2. The quantitative estimate of drug-likeness (QED) is 0.798. The first-order valence-electron chi connectivity index (χ1n) is 6.90. The molecule has 0 aliphatic rings. The van der Waals surface area contributed by atoms with Gasteiger partial charge >= 0.3 is 6.01 Å². The summed E-state index contributed by atoms with van der Waals surface area (Å²) in [5.41, 5.74) is 0. The van der Waals surface area contributed by atoms with Crippen LogP contribution in [0.3, 0.4) is 0 Å². The molecular formula is C13H22ClN5O2. The maximum Gasteiger partial charge on any atom is 0.322 e. The molecule has 0 saturated carbocycles. The second kappa shape index (κ2) is 7.97. The Hall–Kier alpha value is -1.63. The fraction of sp³-hybridized carbons (Fsp3) is 0.692. The van der Waals surface area contributed by atoms with Gasteiger partial charge in [-0.05, 0) is 38.3 Å². The number of aromatic nitrogens is 3. The molecule has 0 saturated heterocycles. The lowest BCUT2D eigenvalue weighted by molar-refractivity contribution is -0.121. The van der Waals surface area contributed by atoms with Gasteiger partial charge in [-0.2, -0.15) is 15.0 Å². The highest BCUT2D eigenvalue weighted by molar-refractivity contribution is 6.28. The predicted octanol–water partition coefficient (Wildman–Crippen LogP) is 1.88. The Morgan fingerprint density at radius 1 is 1.19 bits per heavy atom. The number of halogens is 1. The van der Waals surface area contributed by atoms with E-state index in [0.29, 0.717) is 12.5 Å². The Labute approximate surface area is 129 Å². The van der Waals surface area contributed by atoms with Crippen LogP contribution in [0.15, 0.2) is 0 Å². The zero-order valence-electron chi connectivity index (χ0n) is 13.0. The van der Waals surface area contributed by atoms with Crippen molar-refractivity contribution in [3.8, 4) is 6.01 Å². The summed E-state index contributed by atoms with van der Waals surface area (Å²) in [6.07, 6.45) is -0.0805. The number of rotatable bonds is 7. The normalized spacial score (nSPS) is 12.4. The van der Waals surface area contributed by atoms with E-state index in [1.54, 1.807) is 6.92 Å². The van der Waals surface area contributed by atoms with Crippen molar-refractivity contribution >= 4 is 23.5 Å². The highest BCUT2D eigenvalue weighted by atomic mass is 35.5. The van der Waals surface area contributed by atoms with Gasteiger partial charge in [-0.15, -0.1) is 0 Å². The van der Waals surface area contributed by atoms with Gasteiger partial charge in [0.25, 0.3) is 0 Å². The summed E-state index contributed by atoms with van der Waals surface area (Å²) >= 11 is 5.82. The van der Waals surface area contributed by atoms with Gasteiger partial charge in [-0.3, -0.25) is 4.79 Å². The largest absolute Gasteiger partial charge is 0.461 e. The van der Waals surface area contributed by atoms with E-state index in [4.69, 9.17) is 16.3 Å². The van der Waals surface area contributed by atoms with Gasteiger partial charge in [0.15, 0.2) is 0 Å². The molecule has 0 fully saturated rings. The van der Waals surface area contributed by atoms with Crippen molar-refractivity contribution in [3.05, 3.63) is 5.28 Å². The number of hydrogen-bond acceptors (Lipinski definition) is 6. The van der Waals surface area contributed by atoms with Gasteiger partial charge in [0.05, 0.1) is 6.10 Å². The fourth-order valence-corrected chi connectivity index (χ4v) is 1.53. The standard InChI is InChI=1S/C13H22ClN5O2/c1-7(2)6-15-10(20)9(5)16-12-17-11(14)18-13(19-12)21-8(3)4/h7-9H,6H2,1-5H3,(H,15,20)(H,16,17,18,19). The van der Waals surface area contributed by atoms with Crippen LogP contribution in [0.1, 0.15) is 34.6 Å². The molecule has 21 heavy (non-hydrogen) atoms. The van der Waals surface area contributed by atoms with Crippen molar-refractivity contribution in [2.45, 2.75) is 46.8 Å². The third-order valence-electron chi connectivity index (χ3n) is 2.35. The van der Waals surface area contributed by atoms with Gasteiger partial charge in [-0.25, -0.2) is 0 Å². The lowest BCUT2D eigenvalue weighted by Crippen LogP contribution is -2.39. The van der Waals surface area contributed by atoms with Crippen LogP contribution in [0.25, 0.3) is 0 Å². The first kappa shape index (κ1) is 17.4. The molecule has 8 heteroatoms. The van der Waals surface area contributed by atoms with Gasteiger partial charge in [0, 0.05) is 6.54 Å². The third kappa shape index (κ3) is 6.57. The monoisotopic (exact) mass is 315 g/mol. The van der Waals surface area contributed by atoms with E-state index >= 15 is 0 Å². The second-order valence-electron chi connectivity index (χ2n) is 5.38. The van der Waals surface area contributed by atoms with Gasteiger partial charge in [0.1, 0.15) is 6.04 Å². The van der Waals surface area contributed by atoms with Crippen molar-refractivity contribution in [1.29, 1.82) is 0 Å². The highest BCUT2D eigenvalue weighted by Gasteiger charge is 2.15. The summed E-state index contributed by atoms with van der Waals surface area (Å²) in [6.45, 7) is 10.1. The molecule has 2 N–H and O–H groups in total. The van der Waals surface area contributed by atoms with E-state index in [2.05, 4.69) is 25.6 Å². The zero-order chi connectivity index (χ0) is 16.0. The lowest BCUT2D eigenvalue weighted by Gasteiger charge is -2.15. The van der Waals surface area contributed by atoms with Crippen LogP contribution < -0.4 is 15.4 Å². The Morgan fingerprint density at radius 3 is 2.43 bits per heavy atom. The van der Waals surface area contributed by atoms with Crippen LogP contribution in [0, 0.1) is 5.92 Å². The van der Waals surface area contributed by atoms with Gasteiger partial charge < -0.3 is 15.4 Å². The minimum Gasteiger partial charge on any atom is -0.461 e. The molecule has 0 bridgehead atoms. The minimum absolute atomic E-state index is 0.0120. The average molecular weight is 316 g/mol. The molecule has 1 aromatic rings. The Bertz CT molecular complexity index is 482. The summed E-state index contributed by atoms with van der Waals surface area (Å²) in [6, 6.07) is -0.364. The molecule has 0 aromatic carbocycles. The number of anilines is 1. The maximum absolute atomic E-state index is 11.9. The average Bonchev–Trinajstić information content (AvgIpc) is 2.33. The topological polar surface area (TPSA) is 89.0 Å². The van der Waals surface area contributed by atoms with Gasteiger partial charge in [0.2, 0.25) is 17.1 Å². The van der Waals surface area contributed by atoms with Crippen molar-refractivity contribution in [2.75, 3.05) is 11.9 Å². The molecule has 7 nitrogen and oxygen atoms in total. The number of amides is 1. The van der Waals surface area contributed by atoms with E-state index in [0.717, 1.165) is 0 Å². The number of ether oxygens (including phenoxy) is 1. The van der Waals surface area contributed by atoms with Crippen LogP contribution in [0.2, 0.25) is 5.28 Å². The summed E-state index contributed by atoms with van der Waals surface area (Å²) in [4.78, 5) is 23.8. The summed E-state index contributed by atoms with van der Waals surface area (Å²) in [5.74, 6) is 0.461. The molecule has 118 valence electrons. The zero-order valence-corrected chi connectivity index (χ0v) is 13.7. The fourth-order valence-electron chi connectivity index (χ4n) is 1.38. The predicted molar refractivity (Wildman–Crippen MR) is 81.5 cm³/mol. The molecule has 1 amide bonds. The van der Waals surface area contributed by atoms with E-state index in [1.807, 2.05) is 27.7 Å². The van der Waals surface area contributed by atoms with E-state index in [-0.39, 0.29) is 29.3 Å². The maximum atomic E-state index is 11.9. The molecule has 0 aliphatic heterocycles. The minimum atomic E-state index is -0.492. The summed E-state index contributed by atoms with van der Waals surface area (Å²) in [7, 11) is 0. The number of nitrogens with zero attached hydrogens (tertiary/aromatic N) is 3. The summed E-state index contributed by atoms with van der Waals surface area (Å²) in [5, 5.41) is 5.72. The smallest absolute Gasteiger partial charge is 0.322 e. The molecule has 0 aliphatic carbocycles. The number of hydrogen-bond donors (Lipinski definition) is 2. The second-order valence-corrected chi connectivity index (χ2v) is 5.72. The van der Waals surface area contributed by atoms with Crippen molar-refractivity contribution < 1.29 is 9.53 Å². The van der Waals surface area contributed by atoms with Crippen molar-refractivity contribution in [3.63, 3.8) is 0 Å². The van der Waals surface area contributed by atoms with Crippen LogP contribution in [-0.4, -0.2) is 39.5 Å². The first-order chi connectivity index (χ1) is 9.77. The van der Waals surface area contributed by atoms with E-state index < -0.39 is 6.04 Å². The van der Waals surface area contributed by atoms with Gasteiger partial charge in [-0.1, -0.05) is 13.8 Å². The van der Waals surface area contributed by atoms with E-state index in [1.165, 1.54) is 0 Å². The first-order valence-corrected chi connectivity index (χ1v) is 7.28. The molecule has 1 aromatic heterocycles.